The van der Waals surface area contributed by atoms with Gasteiger partial charge in [-0.3, -0.25) is 9.59 Å². The molecule has 0 bridgehead atoms. The highest BCUT2D eigenvalue weighted by molar-refractivity contribution is 5.88. The minimum Gasteiger partial charge on any atom is -0.481 e. The van der Waals surface area contributed by atoms with E-state index in [2.05, 4.69) is 10.6 Å². The summed E-state index contributed by atoms with van der Waals surface area (Å²) < 4.78 is 0. The highest BCUT2D eigenvalue weighted by Gasteiger charge is 2.36. The lowest BCUT2D eigenvalue weighted by Gasteiger charge is -2.19. The molecule has 5 nitrogen and oxygen atoms in total. The number of aliphatic carboxylic acids is 1. The molecular formula is C15H18N2O3. The van der Waals surface area contributed by atoms with Crippen molar-refractivity contribution in [3.05, 3.63) is 29.8 Å². The maximum atomic E-state index is 12.3. The van der Waals surface area contributed by atoms with Crippen LogP contribution in [0.4, 0.5) is 5.69 Å². The predicted octanol–water partition coefficient (Wildman–Crippen LogP) is 1.39. The van der Waals surface area contributed by atoms with E-state index in [4.69, 9.17) is 5.11 Å². The number of benzene rings is 1. The van der Waals surface area contributed by atoms with Crippen LogP contribution >= 0.6 is 0 Å². The highest BCUT2D eigenvalue weighted by atomic mass is 16.4. The van der Waals surface area contributed by atoms with Crippen molar-refractivity contribution in [1.29, 1.82) is 0 Å². The Labute approximate surface area is 117 Å². The summed E-state index contributed by atoms with van der Waals surface area (Å²) in [6.45, 7) is 0. The summed E-state index contributed by atoms with van der Waals surface area (Å²) in [7, 11) is 0. The first-order valence-electron chi connectivity index (χ1n) is 7.00. The molecule has 5 heteroatoms. The second-order valence-electron chi connectivity index (χ2n) is 5.61. The lowest BCUT2D eigenvalue weighted by molar-refractivity contribution is -0.137. The minimum atomic E-state index is -0.857. The zero-order valence-corrected chi connectivity index (χ0v) is 11.1. The molecule has 3 N–H and O–H groups in total. The van der Waals surface area contributed by atoms with Gasteiger partial charge in [0.05, 0.1) is 6.42 Å². The smallest absolute Gasteiger partial charge is 0.305 e. The molecule has 1 aliphatic heterocycles. The van der Waals surface area contributed by atoms with Gasteiger partial charge in [0.15, 0.2) is 0 Å². The number of fused-ring (bicyclic) bond motifs is 1. The van der Waals surface area contributed by atoms with Gasteiger partial charge in [-0.05, 0) is 30.4 Å². The van der Waals surface area contributed by atoms with Crippen LogP contribution in [-0.2, 0) is 16.0 Å². The van der Waals surface area contributed by atoms with E-state index in [0.29, 0.717) is 12.3 Å². The summed E-state index contributed by atoms with van der Waals surface area (Å²) in [4.78, 5) is 23.1. The van der Waals surface area contributed by atoms with E-state index in [0.717, 1.165) is 24.1 Å². The Morgan fingerprint density at radius 3 is 2.75 bits per heavy atom. The molecule has 1 saturated carbocycles. The molecule has 0 spiro atoms. The fourth-order valence-electron chi connectivity index (χ4n) is 2.76. The molecule has 1 amide bonds. The van der Waals surface area contributed by atoms with Gasteiger partial charge in [0.2, 0.25) is 5.91 Å². The minimum absolute atomic E-state index is 0.01000. The fraction of sp³-hybridized carbons (Fsp3) is 0.467. The van der Waals surface area contributed by atoms with Crippen LogP contribution in [0, 0.1) is 5.92 Å². The van der Waals surface area contributed by atoms with Gasteiger partial charge < -0.3 is 15.7 Å². The highest BCUT2D eigenvalue weighted by Crippen LogP contribution is 2.34. The number of amides is 1. The Hall–Kier alpha value is -2.04. The molecule has 1 fully saturated rings. The second kappa shape index (κ2) is 5.15. The summed E-state index contributed by atoms with van der Waals surface area (Å²) in [6.07, 6.45) is 2.69. The van der Waals surface area contributed by atoms with Gasteiger partial charge in [-0.2, -0.15) is 0 Å². The Morgan fingerprint density at radius 2 is 2.10 bits per heavy atom. The lowest BCUT2D eigenvalue weighted by Crippen LogP contribution is -2.45. The van der Waals surface area contributed by atoms with Crippen molar-refractivity contribution in [3.63, 3.8) is 0 Å². The summed E-state index contributed by atoms with van der Waals surface area (Å²) >= 11 is 0. The number of rotatable bonds is 5. The zero-order chi connectivity index (χ0) is 14.1. The molecule has 2 atom stereocenters. The van der Waals surface area contributed by atoms with Gasteiger partial charge in [-0.15, -0.1) is 0 Å². The molecule has 2 aliphatic rings. The summed E-state index contributed by atoms with van der Waals surface area (Å²) in [5.74, 6) is -0.622. The first kappa shape index (κ1) is 13.0. The van der Waals surface area contributed by atoms with Crippen molar-refractivity contribution in [2.75, 3.05) is 5.32 Å². The molecule has 1 heterocycles. The number of nitrogens with one attached hydrogen (secondary N) is 2. The van der Waals surface area contributed by atoms with Crippen molar-refractivity contribution in [2.24, 2.45) is 5.92 Å². The van der Waals surface area contributed by atoms with Gasteiger partial charge in [0.1, 0.15) is 6.04 Å². The Morgan fingerprint density at radius 1 is 1.35 bits per heavy atom. The number of hydrogen-bond acceptors (Lipinski definition) is 3. The molecule has 0 aromatic heterocycles. The van der Waals surface area contributed by atoms with Crippen LogP contribution in [0.2, 0.25) is 0 Å². The third kappa shape index (κ3) is 2.76. The predicted molar refractivity (Wildman–Crippen MR) is 74.5 cm³/mol. The van der Waals surface area contributed by atoms with E-state index >= 15 is 0 Å². The van der Waals surface area contributed by atoms with Gasteiger partial charge in [0, 0.05) is 18.2 Å². The van der Waals surface area contributed by atoms with Crippen LogP contribution in [-0.4, -0.2) is 29.1 Å². The largest absolute Gasteiger partial charge is 0.481 e. The summed E-state index contributed by atoms with van der Waals surface area (Å²) in [5, 5.41) is 15.0. The number of anilines is 1. The van der Waals surface area contributed by atoms with E-state index in [1.165, 1.54) is 0 Å². The molecule has 1 aromatic carbocycles. The Kier molecular flexibility index (Phi) is 3.34. The number of para-hydroxylation sites is 1. The molecule has 1 aromatic rings. The van der Waals surface area contributed by atoms with E-state index in [1.54, 1.807) is 0 Å². The molecule has 1 unspecified atom stereocenters. The number of carboxylic acid groups (broad SMARTS) is 1. The monoisotopic (exact) mass is 274 g/mol. The second-order valence-corrected chi connectivity index (χ2v) is 5.61. The topological polar surface area (TPSA) is 78.4 Å². The standard InChI is InChI=1S/C15H18N2O3/c18-14(19)8-12(9-5-6-9)17-15(20)13-7-10-3-1-2-4-11(10)16-13/h1-4,9,12-13,16H,5-8H2,(H,17,20)(H,18,19)/t12?,13-/m0/s1. The lowest BCUT2D eigenvalue weighted by atomic mass is 10.1. The van der Waals surface area contributed by atoms with Crippen molar-refractivity contribution in [1.82, 2.24) is 5.32 Å². The number of carboxylic acids is 1. The first-order chi connectivity index (χ1) is 9.63. The van der Waals surface area contributed by atoms with Crippen molar-refractivity contribution >= 4 is 17.6 Å². The van der Waals surface area contributed by atoms with Crippen molar-refractivity contribution in [2.45, 2.75) is 37.8 Å². The van der Waals surface area contributed by atoms with Crippen molar-refractivity contribution < 1.29 is 14.7 Å². The van der Waals surface area contributed by atoms with E-state index in [1.807, 2.05) is 24.3 Å². The van der Waals surface area contributed by atoms with Crippen LogP contribution < -0.4 is 10.6 Å². The van der Waals surface area contributed by atoms with Gasteiger partial charge >= 0.3 is 5.97 Å². The summed E-state index contributed by atoms with van der Waals surface area (Å²) in [5.41, 5.74) is 2.13. The van der Waals surface area contributed by atoms with Crippen LogP contribution in [0.3, 0.4) is 0 Å². The SMILES string of the molecule is O=C(O)CC(NC(=O)[C@@H]1Cc2ccccc2N1)C1CC1. The van der Waals surface area contributed by atoms with Gasteiger partial charge in [-0.1, -0.05) is 18.2 Å². The number of carbonyl (C=O) groups is 2. The third-order valence-electron chi connectivity index (χ3n) is 4.00. The average molecular weight is 274 g/mol. The summed E-state index contributed by atoms with van der Waals surface area (Å²) in [6, 6.07) is 7.33. The molecule has 0 saturated heterocycles. The van der Waals surface area contributed by atoms with Gasteiger partial charge in [0.25, 0.3) is 0 Å². The molecule has 3 rings (SSSR count). The molecule has 1 aliphatic carbocycles. The van der Waals surface area contributed by atoms with Gasteiger partial charge in [-0.25, -0.2) is 0 Å². The normalized spacial score (nSPS) is 21.7. The van der Waals surface area contributed by atoms with Crippen molar-refractivity contribution in [3.8, 4) is 0 Å². The Balaban J connectivity index is 1.61. The van der Waals surface area contributed by atoms with E-state index in [9.17, 15) is 9.59 Å². The third-order valence-corrected chi connectivity index (χ3v) is 4.00. The van der Waals surface area contributed by atoms with Crippen LogP contribution in [0.1, 0.15) is 24.8 Å². The van der Waals surface area contributed by atoms with Crippen LogP contribution in [0.25, 0.3) is 0 Å². The molecule has 106 valence electrons. The average Bonchev–Trinajstić information content (AvgIpc) is 3.16. The maximum Gasteiger partial charge on any atom is 0.305 e. The fourth-order valence-corrected chi connectivity index (χ4v) is 2.76. The Bertz CT molecular complexity index is 515. The van der Waals surface area contributed by atoms with Crippen LogP contribution in [0.5, 0.6) is 0 Å². The maximum absolute atomic E-state index is 12.3. The number of carbonyl (C=O) groups excluding carboxylic acids is 1. The zero-order valence-electron chi connectivity index (χ0n) is 11.1. The molecular weight excluding hydrogens is 256 g/mol. The van der Waals surface area contributed by atoms with E-state index < -0.39 is 5.97 Å². The quantitative estimate of drug-likeness (QED) is 0.758. The first-order valence-corrected chi connectivity index (χ1v) is 7.00. The number of hydrogen-bond donors (Lipinski definition) is 3. The molecule has 0 radical (unpaired) electrons. The molecule has 20 heavy (non-hydrogen) atoms. The van der Waals surface area contributed by atoms with Crippen LogP contribution in [0.15, 0.2) is 24.3 Å². The van der Waals surface area contributed by atoms with E-state index in [-0.39, 0.29) is 24.4 Å².